The summed E-state index contributed by atoms with van der Waals surface area (Å²) in [7, 11) is 2.80. The Balaban J connectivity index is 3.65. The lowest BCUT2D eigenvalue weighted by Crippen LogP contribution is -2.43. The molecule has 12 heavy (non-hydrogen) atoms. The van der Waals surface area contributed by atoms with Crippen LogP contribution in [0.5, 0.6) is 0 Å². The zero-order valence-electron chi connectivity index (χ0n) is 8.98. The summed E-state index contributed by atoms with van der Waals surface area (Å²) in [5, 5.41) is 3.59. The summed E-state index contributed by atoms with van der Waals surface area (Å²) in [5.41, 5.74) is 0.285. The number of hydrogen-bond donors (Lipinski definition) is 1. The molecule has 0 amide bonds. The van der Waals surface area contributed by atoms with Crippen LogP contribution < -0.4 is 5.32 Å². The molecule has 1 atom stereocenters. The summed E-state index contributed by atoms with van der Waals surface area (Å²) in [5.74, 6) is 0.848. The van der Waals surface area contributed by atoms with Crippen molar-refractivity contribution in [3.8, 4) is 0 Å². The van der Waals surface area contributed by atoms with Gasteiger partial charge in [0.1, 0.15) is 0 Å². The van der Waals surface area contributed by atoms with Crippen LogP contribution in [0.2, 0.25) is 0 Å². The topological polar surface area (TPSA) is 12.0 Å². The van der Waals surface area contributed by atoms with Crippen molar-refractivity contribution in [2.75, 3.05) is 12.7 Å². The summed E-state index contributed by atoms with van der Waals surface area (Å²) in [4.78, 5) is 0. The van der Waals surface area contributed by atoms with Crippen molar-refractivity contribution in [1.29, 1.82) is 0 Å². The fourth-order valence-electron chi connectivity index (χ4n) is 1.07. The summed E-state index contributed by atoms with van der Waals surface area (Å²) in [6, 6.07) is 0. The molecule has 0 rings (SSSR count). The molecule has 0 aliphatic rings. The standard InChI is InChI=1S/C10H24NP/c1-5-9(6-2)7-11-10(3,4)8-12/h9,11H,5-8,12H2,1-4H3. The summed E-state index contributed by atoms with van der Waals surface area (Å²) in [6.07, 6.45) is 3.69. The van der Waals surface area contributed by atoms with Gasteiger partial charge in [-0.05, 0) is 32.5 Å². The van der Waals surface area contributed by atoms with Gasteiger partial charge in [0, 0.05) is 5.54 Å². The van der Waals surface area contributed by atoms with E-state index in [2.05, 4.69) is 42.3 Å². The van der Waals surface area contributed by atoms with Crippen molar-refractivity contribution in [3.05, 3.63) is 0 Å². The molecule has 0 radical (unpaired) electrons. The zero-order valence-corrected chi connectivity index (χ0v) is 10.1. The Morgan fingerprint density at radius 3 is 2.08 bits per heavy atom. The first kappa shape index (κ1) is 12.4. The van der Waals surface area contributed by atoms with Gasteiger partial charge in [0.2, 0.25) is 0 Å². The molecule has 0 aromatic carbocycles. The van der Waals surface area contributed by atoms with Crippen molar-refractivity contribution in [2.45, 2.75) is 46.1 Å². The summed E-state index contributed by atoms with van der Waals surface area (Å²) in [6.45, 7) is 10.2. The monoisotopic (exact) mass is 189 g/mol. The van der Waals surface area contributed by atoms with Gasteiger partial charge < -0.3 is 5.32 Å². The largest absolute Gasteiger partial charge is 0.311 e. The molecule has 0 aliphatic heterocycles. The lowest BCUT2D eigenvalue weighted by molar-refractivity contribution is 0.363. The minimum Gasteiger partial charge on any atom is -0.311 e. The van der Waals surface area contributed by atoms with Crippen LogP contribution in [0.4, 0.5) is 0 Å². The zero-order chi connectivity index (χ0) is 9.61. The minimum absolute atomic E-state index is 0.285. The van der Waals surface area contributed by atoms with Gasteiger partial charge in [-0.25, -0.2) is 0 Å². The van der Waals surface area contributed by atoms with E-state index in [1.54, 1.807) is 0 Å². The maximum atomic E-state index is 3.59. The van der Waals surface area contributed by atoms with E-state index >= 15 is 0 Å². The average Bonchev–Trinajstić information content (AvgIpc) is 2.06. The molecule has 0 aromatic heterocycles. The molecule has 1 nitrogen and oxygen atoms in total. The van der Waals surface area contributed by atoms with E-state index in [9.17, 15) is 0 Å². The molecule has 0 aliphatic carbocycles. The number of nitrogens with one attached hydrogen (secondary N) is 1. The predicted octanol–water partition coefficient (Wildman–Crippen LogP) is 2.67. The highest BCUT2D eigenvalue weighted by Gasteiger charge is 2.15. The van der Waals surface area contributed by atoms with Gasteiger partial charge in [-0.1, -0.05) is 26.7 Å². The van der Waals surface area contributed by atoms with E-state index in [-0.39, 0.29) is 5.54 Å². The molecule has 1 unspecified atom stereocenters. The van der Waals surface area contributed by atoms with Crippen LogP contribution in [0.1, 0.15) is 40.5 Å². The first-order valence-corrected chi connectivity index (χ1v) is 5.82. The van der Waals surface area contributed by atoms with Crippen LogP contribution in [0.25, 0.3) is 0 Å². The molecule has 0 saturated carbocycles. The van der Waals surface area contributed by atoms with E-state index in [1.165, 1.54) is 12.8 Å². The van der Waals surface area contributed by atoms with Gasteiger partial charge in [-0.3, -0.25) is 0 Å². The number of rotatable bonds is 6. The van der Waals surface area contributed by atoms with Gasteiger partial charge in [-0.2, -0.15) is 0 Å². The van der Waals surface area contributed by atoms with Gasteiger partial charge in [0.15, 0.2) is 0 Å². The molecule has 0 fully saturated rings. The van der Waals surface area contributed by atoms with Crippen molar-refractivity contribution < 1.29 is 0 Å². The fraction of sp³-hybridized carbons (Fsp3) is 1.00. The van der Waals surface area contributed by atoms with Gasteiger partial charge >= 0.3 is 0 Å². The second kappa shape index (κ2) is 5.94. The number of hydrogen-bond acceptors (Lipinski definition) is 1. The van der Waals surface area contributed by atoms with Crippen LogP contribution in [-0.2, 0) is 0 Å². The van der Waals surface area contributed by atoms with Crippen molar-refractivity contribution in [3.63, 3.8) is 0 Å². The Bertz CT molecular complexity index is 108. The van der Waals surface area contributed by atoms with Gasteiger partial charge in [-0.15, -0.1) is 9.24 Å². The molecular weight excluding hydrogens is 165 g/mol. The van der Waals surface area contributed by atoms with E-state index in [0.29, 0.717) is 0 Å². The molecule has 2 heteroatoms. The summed E-state index contributed by atoms with van der Waals surface area (Å²) >= 11 is 0. The highest BCUT2D eigenvalue weighted by molar-refractivity contribution is 7.16. The van der Waals surface area contributed by atoms with E-state index in [4.69, 9.17) is 0 Å². The van der Waals surface area contributed by atoms with E-state index < -0.39 is 0 Å². The molecule has 74 valence electrons. The third-order valence-electron chi connectivity index (χ3n) is 2.53. The lowest BCUT2D eigenvalue weighted by atomic mass is 10.0. The molecule has 0 spiro atoms. The fourth-order valence-corrected chi connectivity index (χ4v) is 1.21. The Labute approximate surface area is 79.9 Å². The highest BCUT2D eigenvalue weighted by atomic mass is 31.0. The minimum atomic E-state index is 0.285. The Kier molecular flexibility index (Phi) is 6.13. The van der Waals surface area contributed by atoms with Crippen LogP contribution >= 0.6 is 9.24 Å². The Morgan fingerprint density at radius 1 is 1.25 bits per heavy atom. The highest BCUT2D eigenvalue weighted by Crippen LogP contribution is 2.10. The quantitative estimate of drug-likeness (QED) is 0.633. The maximum Gasteiger partial charge on any atom is 0.0159 e. The molecule has 0 bridgehead atoms. The van der Waals surface area contributed by atoms with E-state index in [1.807, 2.05) is 0 Å². The maximum absolute atomic E-state index is 3.59. The van der Waals surface area contributed by atoms with Crippen LogP contribution in [0.15, 0.2) is 0 Å². The van der Waals surface area contributed by atoms with Crippen molar-refractivity contribution in [2.24, 2.45) is 5.92 Å². The molecule has 1 N–H and O–H groups in total. The Morgan fingerprint density at radius 2 is 1.75 bits per heavy atom. The molecular formula is C10H24NP. The lowest BCUT2D eigenvalue weighted by Gasteiger charge is -2.27. The van der Waals surface area contributed by atoms with Crippen LogP contribution in [0.3, 0.4) is 0 Å². The van der Waals surface area contributed by atoms with Crippen molar-refractivity contribution >= 4 is 9.24 Å². The first-order valence-electron chi connectivity index (χ1n) is 5.00. The SMILES string of the molecule is CCC(CC)CNC(C)(C)CP. The van der Waals surface area contributed by atoms with Crippen LogP contribution in [-0.4, -0.2) is 18.2 Å². The second-order valence-corrected chi connectivity index (χ2v) is 4.56. The summed E-state index contributed by atoms with van der Waals surface area (Å²) < 4.78 is 0. The van der Waals surface area contributed by atoms with E-state index in [0.717, 1.165) is 18.6 Å². The molecule has 0 saturated heterocycles. The Hall–Kier alpha value is 0.390. The normalized spacial score (nSPS) is 12.5. The van der Waals surface area contributed by atoms with Gasteiger partial charge in [0.05, 0.1) is 0 Å². The predicted molar refractivity (Wildman–Crippen MR) is 60.7 cm³/mol. The first-order chi connectivity index (χ1) is 5.55. The average molecular weight is 189 g/mol. The smallest absolute Gasteiger partial charge is 0.0159 e. The third-order valence-corrected chi connectivity index (χ3v) is 3.55. The second-order valence-electron chi connectivity index (χ2n) is 4.15. The van der Waals surface area contributed by atoms with Gasteiger partial charge in [0.25, 0.3) is 0 Å². The van der Waals surface area contributed by atoms with Crippen molar-refractivity contribution in [1.82, 2.24) is 5.32 Å². The van der Waals surface area contributed by atoms with Crippen LogP contribution in [0, 0.1) is 5.92 Å². The molecule has 0 heterocycles. The molecule has 0 aromatic rings. The third kappa shape index (κ3) is 5.11.